The summed E-state index contributed by atoms with van der Waals surface area (Å²) in [6.45, 7) is 4.80. The quantitative estimate of drug-likeness (QED) is 0.716. The second kappa shape index (κ2) is 9.30. The van der Waals surface area contributed by atoms with Gasteiger partial charge >= 0.3 is 0 Å². The molecule has 2 rings (SSSR count). The van der Waals surface area contributed by atoms with E-state index < -0.39 is 5.91 Å². The van der Waals surface area contributed by atoms with Crippen molar-refractivity contribution in [1.29, 1.82) is 0 Å². The number of carbonyl (C=O) groups excluding carboxylic acids is 1. The van der Waals surface area contributed by atoms with Crippen LogP contribution in [0.3, 0.4) is 0 Å². The van der Waals surface area contributed by atoms with E-state index >= 15 is 0 Å². The zero-order chi connectivity index (χ0) is 18.2. The van der Waals surface area contributed by atoms with E-state index in [-0.39, 0.29) is 12.6 Å². The van der Waals surface area contributed by atoms with E-state index in [0.717, 1.165) is 5.56 Å². The molecule has 2 aromatic rings. The van der Waals surface area contributed by atoms with Crippen molar-refractivity contribution in [3.05, 3.63) is 58.6 Å². The summed E-state index contributed by atoms with van der Waals surface area (Å²) in [7, 11) is 0. The van der Waals surface area contributed by atoms with Crippen LogP contribution in [0.5, 0.6) is 11.5 Å². The molecule has 3 N–H and O–H groups in total. The molecule has 0 spiro atoms. The van der Waals surface area contributed by atoms with Gasteiger partial charge in [0.25, 0.3) is 5.91 Å². The maximum absolute atomic E-state index is 10.9. The molecule has 1 amide bonds. The highest BCUT2D eigenvalue weighted by Crippen LogP contribution is 2.36. The summed E-state index contributed by atoms with van der Waals surface area (Å²) in [5.41, 5.74) is 7.29. The van der Waals surface area contributed by atoms with E-state index in [4.69, 9.17) is 26.8 Å². The van der Waals surface area contributed by atoms with Crippen molar-refractivity contribution in [3.63, 3.8) is 0 Å². The number of primary amides is 1. The average Bonchev–Trinajstić information content (AvgIpc) is 2.59. The molecule has 0 heterocycles. The van der Waals surface area contributed by atoms with Crippen LogP contribution >= 0.6 is 11.6 Å². The molecule has 25 heavy (non-hydrogen) atoms. The summed E-state index contributed by atoms with van der Waals surface area (Å²) < 4.78 is 11.0. The Labute approximate surface area is 153 Å². The second-order valence-electron chi connectivity index (χ2n) is 5.61. The van der Waals surface area contributed by atoms with Crippen molar-refractivity contribution in [2.24, 2.45) is 5.73 Å². The lowest BCUT2D eigenvalue weighted by atomic mass is 10.1. The van der Waals surface area contributed by atoms with Gasteiger partial charge in [0.1, 0.15) is 0 Å². The third kappa shape index (κ3) is 5.66. The fraction of sp³-hybridized carbons (Fsp3) is 0.316. The number of benzene rings is 2. The van der Waals surface area contributed by atoms with Gasteiger partial charge in [-0.3, -0.25) is 4.79 Å². The van der Waals surface area contributed by atoms with Crippen LogP contribution < -0.4 is 20.5 Å². The highest BCUT2D eigenvalue weighted by molar-refractivity contribution is 6.32. The molecule has 0 aliphatic rings. The zero-order valence-electron chi connectivity index (χ0n) is 14.4. The van der Waals surface area contributed by atoms with Gasteiger partial charge in [0.05, 0.1) is 11.6 Å². The molecule has 0 fully saturated rings. The number of nitrogens with one attached hydrogen (secondary N) is 1. The zero-order valence-corrected chi connectivity index (χ0v) is 15.2. The third-order valence-corrected chi connectivity index (χ3v) is 3.92. The summed E-state index contributed by atoms with van der Waals surface area (Å²) in [4.78, 5) is 10.9. The van der Waals surface area contributed by atoms with Crippen LogP contribution in [0, 0.1) is 0 Å². The largest absolute Gasteiger partial charge is 0.490 e. The first-order valence-corrected chi connectivity index (χ1v) is 8.53. The summed E-state index contributed by atoms with van der Waals surface area (Å²) in [6, 6.07) is 14.0. The van der Waals surface area contributed by atoms with Crippen molar-refractivity contribution >= 4 is 17.5 Å². The molecule has 0 aliphatic heterocycles. The number of ether oxygens (including phenoxy) is 2. The minimum Gasteiger partial charge on any atom is -0.490 e. The number of rotatable bonds is 9. The van der Waals surface area contributed by atoms with Crippen molar-refractivity contribution in [2.45, 2.75) is 26.4 Å². The Morgan fingerprint density at radius 1 is 1.24 bits per heavy atom. The van der Waals surface area contributed by atoms with E-state index in [1.54, 1.807) is 6.07 Å². The standard InChI is InChI=1S/C19H23ClN2O3/c1-3-24-17-10-14(9-16(20)19(17)25-12-18(21)23)11-22-13(2)15-7-5-4-6-8-15/h4-10,13,22H,3,11-12H2,1-2H3,(H2,21,23)/t13-/m1/s1. The van der Waals surface area contributed by atoms with Gasteiger partial charge < -0.3 is 20.5 Å². The monoisotopic (exact) mass is 362 g/mol. The Balaban J connectivity index is 2.11. The van der Waals surface area contributed by atoms with E-state index in [2.05, 4.69) is 24.4 Å². The molecule has 0 unspecified atom stereocenters. The molecule has 0 aliphatic carbocycles. The van der Waals surface area contributed by atoms with E-state index in [1.165, 1.54) is 5.56 Å². The number of nitrogens with two attached hydrogens (primary N) is 1. The molecule has 5 nitrogen and oxygen atoms in total. The van der Waals surface area contributed by atoms with Gasteiger partial charge in [0, 0.05) is 12.6 Å². The summed E-state index contributed by atoms with van der Waals surface area (Å²) in [5.74, 6) is 0.267. The highest BCUT2D eigenvalue weighted by atomic mass is 35.5. The smallest absolute Gasteiger partial charge is 0.255 e. The molecule has 0 aromatic heterocycles. The Hall–Kier alpha value is -2.24. The van der Waals surface area contributed by atoms with E-state index in [1.807, 2.05) is 31.2 Å². The van der Waals surface area contributed by atoms with Crippen molar-refractivity contribution in [1.82, 2.24) is 5.32 Å². The minimum atomic E-state index is -0.569. The van der Waals surface area contributed by atoms with Gasteiger partial charge in [-0.1, -0.05) is 41.9 Å². The van der Waals surface area contributed by atoms with Crippen molar-refractivity contribution in [3.8, 4) is 11.5 Å². The van der Waals surface area contributed by atoms with Crippen LogP contribution in [0.2, 0.25) is 5.02 Å². The summed E-state index contributed by atoms with van der Waals surface area (Å²) >= 11 is 6.30. The predicted octanol–water partition coefficient (Wildman–Crippen LogP) is 3.45. The Morgan fingerprint density at radius 3 is 2.60 bits per heavy atom. The van der Waals surface area contributed by atoms with Gasteiger partial charge in [-0.2, -0.15) is 0 Å². The number of hydrogen-bond donors (Lipinski definition) is 2. The SMILES string of the molecule is CCOc1cc(CN[C@H](C)c2ccccc2)cc(Cl)c1OCC(N)=O. The maximum atomic E-state index is 10.9. The first-order chi connectivity index (χ1) is 12.0. The fourth-order valence-corrected chi connectivity index (χ4v) is 2.69. The van der Waals surface area contributed by atoms with Gasteiger partial charge in [0.15, 0.2) is 18.1 Å². The summed E-state index contributed by atoms with van der Waals surface area (Å²) in [6.07, 6.45) is 0. The van der Waals surface area contributed by atoms with E-state index in [0.29, 0.717) is 29.7 Å². The molecular formula is C19H23ClN2O3. The highest BCUT2D eigenvalue weighted by Gasteiger charge is 2.14. The predicted molar refractivity (Wildman–Crippen MR) is 99.0 cm³/mol. The Kier molecular flexibility index (Phi) is 7.10. The van der Waals surface area contributed by atoms with Crippen LogP contribution in [0.25, 0.3) is 0 Å². The first-order valence-electron chi connectivity index (χ1n) is 8.16. The molecule has 2 aromatic carbocycles. The molecule has 0 saturated carbocycles. The lowest BCUT2D eigenvalue weighted by Gasteiger charge is -2.17. The average molecular weight is 363 g/mol. The molecule has 6 heteroatoms. The summed E-state index contributed by atoms with van der Waals surface area (Å²) in [5, 5.41) is 3.84. The van der Waals surface area contributed by atoms with E-state index in [9.17, 15) is 4.79 Å². The number of hydrogen-bond acceptors (Lipinski definition) is 4. The van der Waals surface area contributed by atoms with Crippen molar-refractivity contribution in [2.75, 3.05) is 13.2 Å². The van der Waals surface area contributed by atoms with Crippen LogP contribution in [0.4, 0.5) is 0 Å². The third-order valence-electron chi connectivity index (χ3n) is 3.64. The number of amides is 1. The molecule has 0 saturated heterocycles. The normalized spacial score (nSPS) is 11.8. The van der Waals surface area contributed by atoms with Gasteiger partial charge in [-0.25, -0.2) is 0 Å². The second-order valence-corrected chi connectivity index (χ2v) is 6.01. The van der Waals surface area contributed by atoms with Crippen LogP contribution in [0.1, 0.15) is 31.0 Å². The molecule has 134 valence electrons. The van der Waals surface area contributed by atoms with Gasteiger partial charge in [0.2, 0.25) is 0 Å². The number of halogens is 1. The van der Waals surface area contributed by atoms with Crippen molar-refractivity contribution < 1.29 is 14.3 Å². The van der Waals surface area contributed by atoms with Gasteiger partial charge in [-0.15, -0.1) is 0 Å². The van der Waals surface area contributed by atoms with Crippen LogP contribution in [0.15, 0.2) is 42.5 Å². The fourth-order valence-electron chi connectivity index (χ4n) is 2.40. The Morgan fingerprint density at radius 2 is 1.96 bits per heavy atom. The Bertz CT molecular complexity index is 707. The molecule has 0 bridgehead atoms. The lowest BCUT2D eigenvalue weighted by molar-refractivity contribution is -0.119. The topological polar surface area (TPSA) is 73.6 Å². The van der Waals surface area contributed by atoms with Gasteiger partial charge in [-0.05, 0) is 37.1 Å². The molecular weight excluding hydrogens is 340 g/mol. The lowest BCUT2D eigenvalue weighted by Crippen LogP contribution is -2.21. The van der Waals surface area contributed by atoms with Crippen LogP contribution in [-0.2, 0) is 11.3 Å². The molecule has 0 radical (unpaired) electrons. The molecule has 1 atom stereocenters. The minimum absolute atomic E-state index is 0.196. The maximum Gasteiger partial charge on any atom is 0.255 e. The number of carbonyl (C=O) groups is 1. The first kappa shape index (κ1) is 19.1. The van der Waals surface area contributed by atoms with Crippen LogP contribution in [-0.4, -0.2) is 19.1 Å².